The second-order valence-corrected chi connectivity index (χ2v) is 3.57. The molecule has 76 valence electrons. The van der Waals surface area contributed by atoms with Crippen molar-refractivity contribution in [3.05, 3.63) is 29.3 Å². The standard InChI is InChI=1S/C12H11NO2/c13-8-10-2-1-3-11-9(4-6-14)5-7-15-12(10)11/h1-3,6,9H,4-5,7H2. The Morgan fingerprint density at radius 2 is 2.47 bits per heavy atom. The summed E-state index contributed by atoms with van der Waals surface area (Å²) in [5.41, 5.74) is 1.55. The molecular weight excluding hydrogens is 190 g/mol. The minimum absolute atomic E-state index is 0.208. The third-order valence-corrected chi connectivity index (χ3v) is 2.70. The summed E-state index contributed by atoms with van der Waals surface area (Å²) in [6.07, 6.45) is 2.28. The maximum absolute atomic E-state index is 10.5. The number of nitrogens with zero attached hydrogens (tertiary/aromatic N) is 1. The molecule has 1 aliphatic rings. The van der Waals surface area contributed by atoms with Crippen LogP contribution in [-0.2, 0) is 4.79 Å². The van der Waals surface area contributed by atoms with Crippen LogP contribution >= 0.6 is 0 Å². The Kier molecular flexibility index (Phi) is 2.68. The van der Waals surface area contributed by atoms with Crippen LogP contribution in [0.3, 0.4) is 0 Å². The minimum Gasteiger partial charge on any atom is -0.492 e. The van der Waals surface area contributed by atoms with Gasteiger partial charge in [0.15, 0.2) is 0 Å². The van der Waals surface area contributed by atoms with E-state index in [-0.39, 0.29) is 5.92 Å². The van der Waals surface area contributed by atoms with Crippen molar-refractivity contribution in [1.29, 1.82) is 5.26 Å². The third-order valence-electron chi connectivity index (χ3n) is 2.70. The average Bonchev–Trinajstić information content (AvgIpc) is 2.29. The van der Waals surface area contributed by atoms with Crippen LogP contribution in [0.4, 0.5) is 0 Å². The number of nitriles is 1. The second-order valence-electron chi connectivity index (χ2n) is 3.57. The first-order valence-electron chi connectivity index (χ1n) is 4.96. The van der Waals surface area contributed by atoms with E-state index >= 15 is 0 Å². The molecule has 2 rings (SSSR count). The van der Waals surface area contributed by atoms with Gasteiger partial charge in [-0.2, -0.15) is 5.26 Å². The van der Waals surface area contributed by atoms with Crippen LogP contribution in [0.2, 0.25) is 0 Å². The van der Waals surface area contributed by atoms with E-state index in [0.717, 1.165) is 18.3 Å². The summed E-state index contributed by atoms with van der Waals surface area (Å²) in [6, 6.07) is 7.61. The van der Waals surface area contributed by atoms with Gasteiger partial charge < -0.3 is 9.53 Å². The number of para-hydroxylation sites is 1. The van der Waals surface area contributed by atoms with Gasteiger partial charge in [0.25, 0.3) is 0 Å². The Hall–Kier alpha value is -1.82. The Balaban J connectivity index is 2.44. The average molecular weight is 201 g/mol. The lowest BCUT2D eigenvalue weighted by molar-refractivity contribution is -0.108. The van der Waals surface area contributed by atoms with Crippen molar-refractivity contribution in [2.24, 2.45) is 0 Å². The summed E-state index contributed by atoms with van der Waals surface area (Å²) in [7, 11) is 0. The van der Waals surface area contributed by atoms with Crippen molar-refractivity contribution < 1.29 is 9.53 Å². The number of carbonyl (C=O) groups excluding carboxylic acids is 1. The molecule has 3 heteroatoms. The van der Waals surface area contributed by atoms with Crippen molar-refractivity contribution >= 4 is 6.29 Å². The predicted molar refractivity (Wildman–Crippen MR) is 54.7 cm³/mol. The third kappa shape index (κ3) is 1.71. The van der Waals surface area contributed by atoms with Gasteiger partial charge in [-0.25, -0.2) is 0 Å². The molecule has 1 atom stereocenters. The first-order valence-corrected chi connectivity index (χ1v) is 4.96. The van der Waals surface area contributed by atoms with Gasteiger partial charge in [-0.15, -0.1) is 0 Å². The van der Waals surface area contributed by atoms with Crippen LogP contribution in [-0.4, -0.2) is 12.9 Å². The molecule has 0 aromatic heterocycles. The van der Waals surface area contributed by atoms with E-state index in [1.807, 2.05) is 12.1 Å². The van der Waals surface area contributed by atoms with E-state index in [0.29, 0.717) is 24.3 Å². The normalized spacial score (nSPS) is 18.5. The van der Waals surface area contributed by atoms with Crippen LogP contribution in [0.25, 0.3) is 0 Å². The number of ether oxygens (including phenoxy) is 1. The highest BCUT2D eigenvalue weighted by Crippen LogP contribution is 2.37. The highest BCUT2D eigenvalue weighted by molar-refractivity contribution is 5.56. The summed E-state index contributed by atoms with van der Waals surface area (Å²) < 4.78 is 5.48. The molecule has 0 saturated carbocycles. The molecule has 0 bridgehead atoms. The first kappa shape index (κ1) is 9.72. The van der Waals surface area contributed by atoms with Crippen LogP contribution < -0.4 is 4.74 Å². The van der Waals surface area contributed by atoms with Crippen LogP contribution in [0.15, 0.2) is 18.2 Å². The molecule has 0 amide bonds. The summed E-state index contributed by atoms with van der Waals surface area (Å²) in [4.78, 5) is 10.5. The van der Waals surface area contributed by atoms with Gasteiger partial charge in [-0.05, 0) is 24.0 Å². The van der Waals surface area contributed by atoms with E-state index < -0.39 is 0 Å². The molecule has 3 nitrogen and oxygen atoms in total. The number of aldehydes is 1. The van der Waals surface area contributed by atoms with E-state index in [9.17, 15) is 4.79 Å². The summed E-state index contributed by atoms with van der Waals surface area (Å²) in [5.74, 6) is 0.873. The zero-order chi connectivity index (χ0) is 10.7. The number of rotatable bonds is 2. The van der Waals surface area contributed by atoms with Gasteiger partial charge >= 0.3 is 0 Å². The van der Waals surface area contributed by atoms with E-state index in [2.05, 4.69) is 6.07 Å². The van der Waals surface area contributed by atoms with Gasteiger partial charge in [-0.3, -0.25) is 0 Å². The number of hydrogen-bond donors (Lipinski definition) is 0. The summed E-state index contributed by atoms with van der Waals surface area (Å²) in [6.45, 7) is 0.587. The fourth-order valence-corrected chi connectivity index (χ4v) is 1.95. The lowest BCUT2D eigenvalue weighted by Gasteiger charge is -2.25. The Bertz CT molecular complexity index is 420. The Morgan fingerprint density at radius 1 is 1.60 bits per heavy atom. The largest absolute Gasteiger partial charge is 0.492 e. The fourth-order valence-electron chi connectivity index (χ4n) is 1.95. The summed E-state index contributed by atoms with van der Waals surface area (Å²) >= 11 is 0. The van der Waals surface area contributed by atoms with Crippen LogP contribution in [0.1, 0.15) is 29.9 Å². The molecular formula is C12H11NO2. The molecule has 0 fully saturated rings. The molecule has 0 radical (unpaired) electrons. The lowest BCUT2D eigenvalue weighted by atomic mass is 9.89. The number of hydrogen-bond acceptors (Lipinski definition) is 3. The molecule has 0 spiro atoms. The second kappa shape index (κ2) is 4.14. The lowest BCUT2D eigenvalue weighted by Crippen LogP contribution is -2.15. The number of benzene rings is 1. The molecule has 0 aliphatic carbocycles. The molecule has 15 heavy (non-hydrogen) atoms. The van der Waals surface area contributed by atoms with Crippen molar-refractivity contribution in [2.75, 3.05) is 6.61 Å². The first-order chi connectivity index (χ1) is 7.36. The van der Waals surface area contributed by atoms with Gasteiger partial charge in [0.05, 0.1) is 12.2 Å². The Labute approximate surface area is 88.3 Å². The molecule has 1 heterocycles. The van der Waals surface area contributed by atoms with E-state index in [1.54, 1.807) is 6.07 Å². The van der Waals surface area contributed by atoms with Gasteiger partial charge in [0.2, 0.25) is 0 Å². The summed E-state index contributed by atoms with van der Waals surface area (Å²) in [5, 5.41) is 8.91. The van der Waals surface area contributed by atoms with Crippen molar-refractivity contribution in [1.82, 2.24) is 0 Å². The Morgan fingerprint density at radius 3 is 3.20 bits per heavy atom. The van der Waals surface area contributed by atoms with Gasteiger partial charge in [0.1, 0.15) is 18.1 Å². The smallest absolute Gasteiger partial charge is 0.140 e. The monoisotopic (exact) mass is 201 g/mol. The molecule has 1 aromatic carbocycles. The quantitative estimate of drug-likeness (QED) is 0.688. The molecule has 1 aromatic rings. The van der Waals surface area contributed by atoms with Crippen LogP contribution in [0, 0.1) is 11.3 Å². The highest BCUT2D eigenvalue weighted by Gasteiger charge is 2.22. The predicted octanol–water partition coefficient (Wildman–Crippen LogP) is 2.01. The minimum atomic E-state index is 0.208. The molecule has 0 N–H and O–H groups in total. The zero-order valence-corrected chi connectivity index (χ0v) is 8.27. The molecule has 1 unspecified atom stereocenters. The maximum Gasteiger partial charge on any atom is 0.140 e. The van der Waals surface area contributed by atoms with Crippen molar-refractivity contribution in [3.8, 4) is 11.8 Å². The van der Waals surface area contributed by atoms with E-state index in [4.69, 9.17) is 10.00 Å². The van der Waals surface area contributed by atoms with Crippen LogP contribution in [0.5, 0.6) is 5.75 Å². The SMILES string of the molecule is N#Cc1cccc2c1OCCC2CC=O. The molecule has 0 saturated heterocycles. The maximum atomic E-state index is 10.5. The van der Waals surface area contributed by atoms with Crippen molar-refractivity contribution in [2.45, 2.75) is 18.8 Å². The number of carbonyl (C=O) groups is 1. The van der Waals surface area contributed by atoms with Gasteiger partial charge in [0, 0.05) is 6.42 Å². The molecule has 1 aliphatic heterocycles. The van der Waals surface area contributed by atoms with E-state index in [1.165, 1.54) is 0 Å². The zero-order valence-electron chi connectivity index (χ0n) is 8.27. The van der Waals surface area contributed by atoms with Crippen molar-refractivity contribution in [3.63, 3.8) is 0 Å². The van der Waals surface area contributed by atoms with Gasteiger partial charge in [-0.1, -0.05) is 12.1 Å². The topological polar surface area (TPSA) is 50.1 Å². The highest BCUT2D eigenvalue weighted by atomic mass is 16.5. The fraction of sp³-hybridized carbons (Fsp3) is 0.333. The number of fused-ring (bicyclic) bond motifs is 1.